The molecule has 1 fully saturated rings. The molecule has 6 nitrogen and oxygen atoms in total. The van der Waals surface area contributed by atoms with Crippen LogP contribution in [-0.4, -0.2) is 47.9 Å². The highest BCUT2D eigenvalue weighted by molar-refractivity contribution is 6.36. The summed E-state index contributed by atoms with van der Waals surface area (Å²) in [6.07, 6.45) is 4.44. The number of hydrogen-bond donors (Lipinski definition) is 3. The van der Waals surface area contributed by atoms with E-state index in [-0.39, 0.29) is 24.1 Å². The summed E-state index contributed by atoms with van der Waals surface area (Å²) < 4.78 is 14.6. The molecular weight excluding hydrogens is 443 g/mol. The Balaban J connectivity index is 1.41. The van der Waals surface area contributed by atoms with Crippen LogP contribution in [0.25, 0.3) is 22.8 Å². The number of fused-ring (bicyclic) bond motifs is 1. The van der Waals surface area contributed by atoms with Crippen LogP contribution in [0, 0.1) is 12.7 Å². The lowest BCUT2D eigenvalue weighted by atomic mass is 9.93. The zero-order chi connectivity index (χ0) is 24.4. The van der Waals surface area contributed by atoms with Gasteiger partial charge in [0.25, 0.3) is 5.91 Å². The first-order valence-corrected chi connectivity index (χ1v) is 12.1. The van der Waals surface area contributed by atoms with Crippen LogP contribution in [0.4, 0.5) is 10.1 Å². The van der Waals surface area contributed by atoms with Gasteiger partial charge in [-0.2, -0.15) is 0 Å². The normalized spacial score (nSPS) is 16.5. The van der Waals surface area contributed by atoms with E-state index >= 15 is 0 Å². The van der Waals surface area contributed by atoms with Crippen molar-refractivity contribution in [3.05, 3.63) is 76.9 Å². The van der Waals surface area contributed by atoms with E-state index in [4.69, 9.17) is 0 Å². The van der Waals surface area contributed by atoms with Crippen molar-refractivity contribution in [3.63, 3.8) is 0 Å². The zero-order valence-corrected chi connectivity index (χ0v) is 19.8. The Hall–Kier alpha value is -3.71. The monoisotopic (exact) mass is 472 g/mol. The predicted octanol–water partition coefficient (Wildman–Crippen LogP) is 4.38. The molecule has 2 aliphatic heterocycles. The van der Waals surface area contributed by atoms with E-state index in [0.717, 1.165) is 30.9 Å². The summed E-state index contributed by atoms with van der Waals surface area (Å²) in [5, 5.41) is 5.90. The fourth-order valence-corrected chi connectivity index (χ4v) is 4.97. The van der Waals surface area contributed by atoms with Crippen LogP contribution in [0.3, 0.4) is 0 Å². The van der Waals surface area contributed by atoms with E-state index in [9.17, 15) is 14.0 Å². The van der Waals surface area contributed by atoms with Gasteiger partial charge < -0.3 is 20.5 Å². The number of nitrogens with zero attached hydrogens (tertiary/aromatic N) is 1. The van der Waals surface area contributed by atoms with Crippen LogP contribution in [0.1, 0.15) is 35.4 Å². The molecule has 2 amide bonds. The first-order chi connectivity index (χ1) is 17.0. The molecule has 0 unspecified atom stereocenters. The lowest BCUT2D eigenvalue weighted by Crippen LogP contribution is -2.34. The van der Waals surface area contributed by atoms with Gasteiger partial charge in [0, 0.05) is 41.3 Å². The second-order valence-electron chi connectivity index (χ2n) is 9.19. The number of aryl methyl sites for hydroxylation is 1. The van der Waals surface area contributed by atoms with E-state index in [1.807, 2.05) is 25.1 Å². The molecule has 0 saturated carbocycles. The second-order valence-corrected chi connectivity index (χ2v) is 9.19. The number of benzene rings is 2. The summed E-state index contributed by atoms with van der Waals surface area (Å²) >= 11 is 0. The Morgan fingerprint density at radius 3 is 2.69 bits per heavy atom. The highest BCUT2D eigenvalue weighted by Crippen LogP contribution is 2.41. The predicted molar refractivity (Wildman–Crippen MR) is 136 cm³/mol. The van der Waals surface area contributed by atoms with Gasteiger partial charge in [0.2, 0.25) is 5.91 Å². The summed E-state index contributed by atoms with van der Waals surface area (Å²) in [7, 11) is 0. The number of carbonyl (C=O) groups is 2. The first-order valence-electron chi connectivity index (χ1n) is 12.1. The van der Waals surface area contributed by atoms with Gasteiger partial charge in [0.1, 0.15) is 5.82 Å². The molecule has 1 aromatic heterocycles. The van der Waals surface area contributed by atoms with Crippen molar-refractivity contribution < 1.29 is 14.0 Å². The molecular formula is C28H29FN4O2. The van der Waals surface area contributed by atoms with Gasteiger partial charge in [0.15, 0.2) is 0 Å². The Morgan fingerprint density at radius 1 is 1.11 bits per heavy atom. The van der Waals surface area contributed by atoms with Crippen LogP contribution in [0.5, 0.6) is 0 Å². The molecule has 5 rings (SSSR count). The van der Waals surface area contributed by atoms with E-state index < -0.39 is 0 Å². The number of nitrogens with one attached hydrogen (secondary N) is 3. The molecule has 35 heavy (non-hydrogen) atoms. The van der Waals surface area contributed by atoms with Crippen molar-refractivity contribution in [2.75, 3.05) is 31.5 Å². The van der Waals surface area contributed by atoms with E-state index in [2.05, 4.69) is 20.5 Å². The van der Waals surface area contributed by atoms with Gasteiger partial charge in [-0.15, -0.1) is 0 Å². The highest BCUT2D eigenvalue weighted by atomic mass is 19.1. The van der Waals surface area contributed by atoms with Gasteiger partial charge in [0.05, 0.1) is 12.0 Å². The molecule has 7 heteroatoms. The van der Waals surface area contributed by atoms with Crippen molar-refractivity contribution >= 4 is 29.2 Å². The van der Waals surface area contributed by atoms with Crippen LogP contribution in [0.15, 0.2) is 48.5 Å². The van der Waals surface area contributed by atoms with Crippen molar-refractivity contribution in [2.45, 2.75) is 26.2 Å². The average Bonchev–Trinajstić information content (AvgIpc) is 3.54. The number of amides is 2. The minimum Gasteiger partial charge on any atom is -0.359 e. The summed E-state index contributed by atoms with van der Waals surface area (Å²) in [5.74, 6) is -0.648. The maximum absolute atomic E-state index is 14.6. The van der Waals surface area contributed by atoms with Crippen LogP contribution < -0.4 is 10.6 Å². The van der Waals surface area contributed by atoms with Gasteiger partial charge >= 0.3 is 0 Å². The molecule has 3 aromatic rings. The Morgan fingerprint density at radius 2 is 1.89 bits per heavy atom. The van der Waals surface area contributed by atoms with Crippen molar-refractivity contribution in [3.8, 4) is 11.1 Å². The number of hydrogen-bond acceptors (Lipinski definition) is 3. The van der Waals surface area contributed by atoms with Crippen LogP contribution in [0.2, 0.25) is 0 Å². The summed E-state index contributed by atoms with van der Waals surface area (Å²) in [6.45, 7) is 5.61. The lowest BCUT2D eigenvalue weighted by Gasteiger charge is -2.14. The molecule has 1 saturated heterocycles. The Bertz CT molecular complexity index is 1300. The van der Waals surface area contributed by atoms with Gasteiger partial charge in [-0.1, -0.05) is 30.3 Å². The van der Waals surface area contributed by atoms with Crippen LogP contribution in [-0.2, 0) is 16.0 Å². The number of H-pyrrole nitrogens is 1. The molecule has 3 N–H and O–H groups in total. The molecule has 2 aromatic carbocycles. The lowest BCUT2D eigenvalue weighted by molar-refractivity contribution is -0.120. The van der Waals surface area contributed by atoms with E-state index in [1.54, 1.807) is 30.3 Å². The molecule has 0 radical (unpaired) electrons. The number of likely N-dealkylation sites (tertiary alicyclic amines) is 1. The van der Waals surface area contributed by atoms with Crippen molar-refractivity contribution in [1.82, 2.24) is 15.2 Å². The maximum Gasteiger partial charge on any atom is 0.256 e. The third-order valence-electron chi connectivity index (χ3n) is 6.65. The minimum atomic E-state index is -0.346. The number of halogens is 1. The van der Waals surface area contributed by atoms with Crippen molar-refractivity contribution in [1.29, 1.82) is 0 Å². The standard InChI is InChI=1S/C28H29FN4O2/c1-18-15-19(16-26(34)30-11-14-33-12-4-5-13-33)25(31-18)17-22-27-21(20-7-2-3-9-23(20)29)8-6-10-24(27)32-28(22)35/h2-3,6-10,15,17,31H,4-5,11-14,16H2,1H3,(H,30,34)(H,32,35)/b22-17-. The smallest absolute Gasteiger partial charge is 0.256 e. The molecule has 180 valence electrons. The molecule has 3 heterocycles. The molecule has 0 atom stereocenters. The average molecular weight is 473 g/mol. The quantitative estimate of drug-likeness (QED) is 0.447. The van der Waals surface area contributed by atoms with Gasteiger partial charge in [-0.3, -0.25) is 9.59 Å². The van der Waals surface area contributed by atoms with Crippen molar-refractivity contribution in [2.24, 2.45) is 0 Å². The summed E-state index contributed by atoms with van der Waals surface area (Å²) in [6, 6.07) is 13.9. The third kappa shape index (κ3) is 4.91. The largest absolute Gasteiger partial charge is 0.359 e. The summed E-state index contributed by atoms with van der Waals surface area (Å²) in [5.41, 5.74) is 5.26. The number of anilines is 1. The van der Waals surface area contributed by atoms with Gasteiger partial charge in [-0.25, -0.2) is 4.39 Å². The topological polar surface area (TPSA) is 77.2 Å². The van der Waals surface area contributed by atoms with Crippen LogP contribution >= 0.6 is 0 Å². The van der Waals surface area contributed by atoms with Gasteiger partial charge in [-0.05, 0) is 68.3 Å². The SMILES string of the molecule is Cc1cc(CC(=O)NCCN2CCCC2)c(/C=C2\C(=O)Nc3cccc(-c4ccccc4F)c32)[nH]1. The summed E-state index contributed by atoms with van der Waals surface area (Å²) in [4.78, 5) is 31.2. The molecule has 0 aliphatic carbocycles. The molecule has 0 spiro atoms. The Kier molecular flexibility index (Phi) is 6.51. The maximum atomic E-state index is 14.6. The number of carbonyl (C=O) groups excluding carboxylic acids is 2. The first kappa shape index (κ1) is 23.1. The fraction of sp³-hybridized carbons (Fsp3) is 0.286. The fourth-order valence-electron chi connectivity index (χ4n) is 4.97. The minimum absolute atomic E-state index is 0.0498. The zero-order valence-electron chi connectivity index (χ0n) is 19.8. The van der Waals surface area contributed by atoms with E-state index in [1.165, 1.54) is 18.9 Å². The highest BCUT2D eigenvalue weighted by Gasteiger charge is 2.28. The molecule has 0 bridgehead atoms. The Labute approximate surface area is 204 Å². The third-order valence-corrected chi connectivity index (χ3v) is 6.65. The number of aromatic nitrogens is 1. The second kappa shape index (κ2) is 9.88. The molecule has 2 aliphatic rings. The number of rotatable bonds is 7. The van der Waals surface area contributed by atoms with E-state index in [0.29, 0.717) is 40.2 Å². The number of aromatic amines is 1.